The van der Waals surface area contributed by atoms with E-state index in [9.17, 15) is 4.79 Å². The van der Waals surface area contributed by atoms with Gasteiger partial charge in [-0.25, -0.2) is 14.6 Å². The molecule has 1 aromatic carbocycles. The minimum absolute atomic E-state index is 0.0208. The Kier molecular flexibility index (Phi) is 5.39. The van der Waals surface area contributed by atoms with Crippen LogP contribution in [0.2, 0.25) is 0 Å². The maximum atomic E-state index is 11.7. The van der Waals surface area contributed by atoms with Crippen molar-refractivity contribution in [2.75, 3.05) is 18.4 Å². The zero-order chi connectivity index (χ0) is 19.6. The molecule has 0 spiro atoms. The van der Waals surface area contributed by atoms with E-state index in [0.29, 0.717) is 18.9 Å². The minimum Gasteiger partial charge on any atom is -0.368 e. The fourth-order valence-corrected chi connectivity index (χ4v) is 2.96. The third-order valence-electron chi connectivity index (χ3n) is 4.40. The first kappa shape index (κ1) is 18.8. The van der Waals surface area contributed by atoms with Crippen LogP contribution < -0.4 is 10.6 Å². The molecular formula is C20H26N6O. The molecule has 0 aliphatic carbocycles. The van der Waals surface area contributed by atoms with Gasteiger partial charge in [-0.05, 0) is 32.4 Å². The molecule has 7 heteroatoms. The Morgan fingerprint density at radius 2 is 1.85 bits per heavy atom. The van der Waals surface area contributed by atoms with E-state index in [1.54, 1.807) is 0 Å². The van der Waals surface area contributed by atoms with E-state index in [4.69, 9.17) is 5.10 Å². The summed E-state index contributed by atoms with van der Waals surface area (Å²) >= 11 is 0. The van der Waals surface area contributed by atoms with Gasteiger partial charge in [0.1, 0.15) is 11.6 Å². The van der Waals surface area contributed by atoms with Crippen LogP contribution in [0.4, 0.5) is 5.82 Å². The lowest BCUT2D eigenvalue weighted by molar-refractivity contribution is -0.123. The summed E-state index contributed by atoms with van der Waals surface area (Å²) in [5, 5.41) is 11.8. The molecule has 3 aromatic rings. The van der Waals surface area contributed by atoms with E-state index in [1.807, 2.05) is 50.6 Å². The second kappa shape index (κ2) is 7.73. The molecule has 27 heavy (non-hydrogen) atoms. The summed E-state index contributed by atoms with van der Waals surface area (Å²) in [5.74, 6) is 1.44. The first-order valence-corrected chi connectivity index (χ1v) is 9.20. The number of para-hydroxylation sites is 1. The number of anilines is 1. The van der Waals surface area contributed by atoms with Gasteiger partial charge in [-0.1, -0.05) is 32.0 Å². The highest BCUT2D eigenvalue weighted by Gasteiger charge is 2.17. The second-order valence-electron chi connectivity index (χ2n) is 6.97. The maximum absolute atomic E-state index is 11.7. The van der Waals surface area contributed by atoms with E-state index in [0.717, 1.165) is 33.8 Å². The van der Waals surface area contributed by atoms with E-state index in [-0.39, 0.29) is 11.8 Å². The van der Waals surface area contributed by atoms with Crippen LogP contribution in [-0.2, 0) is 4.79 Å². The van der Waals surface area contributed by atoms with Crippen LogP contribution in [0.1, 0.15) is 30.9 Å². The summed E-state index contributed by atoms with van der Waals surface area (Å²) in [6.07, 6.45) is 0. The molecule has 0 radical (unpaired) electrons. The number of carbonyl (C=O) groups excluding carboxylic acids is 1. The monoisotopic (exact) mass is 366 g/mol. The van der Waals surface area contributed by atoms with Crippen LogP contribution in [-0.4, -0.2) is 38.7 Å². The van der Waals surface area contributed by atoms with Crippen molar-refractivity contribution < 1.29 is 4.79 Å². The van der Waals surface area contributed by atoms with Gasteiger partial charge in [0.25, 0.3) is 0 Å². The molecule has 0 bridgehead atoms. The molecule has 0 aliphatic heterocycles. The number of rotatable bonds is 6. The van der Waals surface area contributed by atoms with Crippen LogP contribution >= 0.6 is 0 Å². The van der Waals surface area contributed by atoms with Gasteiger partial charge in [0.15, 0.2) is 5.65 Å². The summed E-state index contributed by atoms with van der Waals surface area (Å²) in [5.41, 5.74) is 3.78. The summed E-state index contributed by atoms with van der Waals surface area (Å²) in [4.78, 5) is 20.9. The zero-order valence-corrected chi connectivity index (χ0v) is 16.5. The van der Waals surface area contributed by atoms with Crippen molar-refractivity contribution >= 4 is 22.8 Å². The largest absolute Gasteiger partial charge is 0.368 e. The standard InChI is InChI=1S/C20H26N6O/c1-12(2)20(27)22-11-10-21-18-17-14(4)25-26(19(17)24-15(5)23-18)16-9-7-6-8-13(16)3/h6-9,12H,10-11H2,1-5H3,(H,22,27)(H,21,23,24). The van der Waals surface area contributed by atoms with Gasteiger partial charge < -0.3 is 10.6 Å². The summed E-state index contributed by atoms with van der Waals surface area (Å²) in [7, 11) is 0. The predicted molar refractivity (Wildman–Crippen MR) is 107 cm³/mol. The molecule has 0 saturated heterocycles. The highest BCUT2D eigenvalue weighted by atomic mass is 16.1. The topological polar surface area (TPSA) is 84.7 Å². The first-order valence-electron chi connectivity index (χ1n) is 9.20. The normalized spacial score (nSPS) is 11.2. The number of benzene rings is 1. The molecule has 0 unspecified atom stereocenters. The molecule has 0 aliphatic rings. The van der Waals surface area contributed by atoms with Gasteiger partial charge in [0.05, 0.1) is 16.8 Å². The molecule has 1 amide bonds. The molecule has 142 valence electrons. The molecule has 2 heterocycles. The van der Waals surface area contributed by atoms with Gasteiger partial charge in [-0.3, -0.25) is 4.79 Å². The van der Waals surface area contributed by atoms with Crippen molar-refractivity contribution in [2.24, 2.45) is 5.92 Å². The van der Waals surface area contributed by atoms with Gasteiger partial charge in [-0.2, -0.15) is 5.10 Å². The number of aryl methyl sites for hydroxylation is 3. The van der Waals surface area contributed by atoms with Crippen molar-refractivity contribution in [1.29, 1.82) is 0 Å². The highest BCUT2D eigenvalue weighted by Crippen LogP contribution is 2.27. The summed E-state index contributed by atoms with van der Waals surface area (Å²) in [6, 6.07) is 8.10. The lowest BCUT2D eigenvalue weighted by Crippen LogP contribution is -2.32. The molecule has 2 aromatic heterocycles. The van der Waals surface area contributed by atoms with Crippen molar-refractivity contribution in [2.45, 2.75) is 34.6 Å². The Bertz CT molecular complexity index is 976. The number of fused-ring (bicyclic) bond motifs is 1. The van der Waals surface area contributed by atoms with E-state index in [2.05, 4.69) is 33.6 Å². The van der Waals surface area contributed by atoms with Crippen LogP contribution in [0.25, 0.3) is 16.7 Å². The van der Waals surface area contributed by atoms with E-state index < -0.39 is 0 Å². The summed E-state index contributed by atoms with van der Waals surface area (Å²) < 4.78 is 1.88. The molecular weight excluding hydrogens is 340 g/mol. The Balaban J connectivity index is 1.91. The van der Waals surface area contributed by atoms with Gasteiger partial charge >= 0.3 is 0 Å². The average molecular weight is 366 g/mol. The van der Waals surface area contributed by atoms with Crippen molar-refractivity contribution in [3.05, 3.63) is 41.3 Å². The van der Waals surface area contributed by atoms with Crippen LogP contribution in [0.5, 0.6) is 0 Å². The first-order chi connectivity index (χ1) is 12.9. The number of carbonyl (C=O) groups is 1. The molecule has 7 nitrogen and oxygen atoms in total. The lowest BCUT2D eigenvalue weighted by Gasteiger charge is -2.11. The quantitative estimate of drug-likeness (QED) is 0.655. The van der Waals surface area contributed by atoms with Gasteiger partial charge in [0.2, 0.25) is 5.91 Å². The molecule has 2 N–H and O–H groups in total. The smallest absolute Gasteiger partial charge is 0.222 e. The Hall–Kier alpha value is -2.96. The predicted octanol–water partition coefficient (Wildman–Crippen LogP) is 2.92. The van der Waals surface area contributed by atoms with Crippen LogP contribution in [0.15, 0.2) is 24.3 Å². The zero-order valence-electron chi connectivity index (χ0n) is 16.5. The van der Waals surface area contributed by atoms with E-state index >= 15 is 0 Å². The minimum atomic E-state index is -0.0208. The number of hydrogen-bond acceptors (Lipinski definition) is 5. The Morgan fingerprint density at radius 3 is 2.56 bits per heavy atom. The molecule has 0 atom stereocenters. The molecule has 3 rings (SSSR count). The lowest BCUT2D eigenvalue weighted by atomic mass is 10.2. The van der Waals surface area contributed by atoms with Crippen molar-refractivity contribution in [1.82, 2.24) is 25.1 Å². The fraction of sp³-hybridized carbons (Fsp3) is 0.400. The molecule has 0 saturated carbocycles. The number of nitrogens with one attached hydrogen (secondary N) is 2. The van der Waals surface area contributed by atoms with Crippen LogP contribution in [0.3, 0.4) is 0 Å². The molecule has 0 fully saturated rings. The summed E-state index contributed by atoms with van der Waals surface area (Å²) in [6.45, 7) is 10.8. The SMILES string of the molecule is Cc1nc(NCCNC(=O)C(C)C)c2c(C)nn(-c3ccccc3C)c2n1. The Labute approximate surface area is 159 Å². The third kappa shape index (κ3) is 3.92. The Morgan fingerprint density at radius 1 is 1.11 bits per heavy atom. The van der Waals surface area contributed by atoms with E-state index in [1.165, 1.54) is 0 Å². The average Bonchev–Trinajstić information content (AvgIpc) is 2.95. The van der Waals surface area contributed by atoms with Gasteiger partial charge in [-0.15, -0.1) is 0 Å². The number of aromatic nitrogens is 4. The number of hydrogen-bond donors (Lipinski definition) is 2. The van der Waals surface area contributed by atoms with Crippen LogP contribution in [0, 0.1) is 26.7 Å². The highest BCUT2D eigenvalue weighted by molar-refractivity contribution is 5.90. The maximum Gasteiger partial charge on any atom is 0.222 e. The van der Waals surface area contributed by atoms with Gasteiger partial charge in [0, 0.05) is 19.0 Å². The number of amides is 1. The number of nitrogens with zero attached hydrogens (tertiary/aromatic N) is 4. The fourth-order valence-electron chi connectivity index (χ4n) is 2.96. The third-order valence-corrected chi connectivity index (χ3v) is 4.40. The second-order valence-corrected chi connectivity index (χ2v) is 6.97. The van der Waals surface area contributed by atoms with Crippen molar-refractivity contribution in [3.8, 4) is 5.69 Å². The van der Waals surface area contributed by atoms with Crippen molar-refractivity contribution in [3.63, 3.8) is 0 Å².